The molecule has 1 aliphatic rings. The summed E-state index contributed by atoms with van der Waals surface area (Å²) in [5.41, 5.74) is 14.9. The van der Waals surface area contributed by atoms with Crippen molar-refractivity contribution in [1.82, 2.24) is 0 Å². The number of nitrogens with two attached hydrogens (primary N) is 2. The fourth-order valence-electron chi connectivity index (χ4n) is 2.80. The molecule has 0 saturated heterocycles. The number of nitrogen functional groups attached to an aromatic ring is 2. The minimum absolute atomic E-state index is 0.621. The fourth-order valence-corrected chi connectivity index (χ4v) is 2.80. The molecule has 2 aromatic carbocycles. The van der Waals surface area contributed by atoms with Gasteiger partial charge in [-0.25, -0.2) is 0 Å². The van der Waals surface area contributed by atoms with Crippen molar-refractivity contribution in [2.24, 2.45) is 5.92 Å². The fraction of sp³-hybridized carbons (Fsp3) is 0.333. The first kappa shape index (κ1) is 17.1. The van der Waals surface area contributed by atoms with Gasteiger partial charge in [0, 0.05) is 0 Å². The highest BCUT2D eigenvalue weighted by Crippen LogP contribution is 2.22. The summed E-state index contributed by atoms with van der Waals surface area (Å²) in [7, 11) is 0. The van der Waals surface area contributed by atoms with Crippen molar-refractivity contribution in [1.29, 1.82) is 0 Å². The van der Waals surface area contributed by atoms with Crippen molar-refractivity contribution in [3.05, 3.63) is 59.7 Å². The Kier molecular flexibility index (Phi) is 6.74. The lowest BCUT2D eigenvalue weighted by Gasteiger charge is -2.15. The topological polar surface area (TPSA) is 52.0 Å². The van der Waals surface area contributed by atoms with Crippen LogP contribution < -0.4 is 11.5 Å². The summed E-state index contributed by atoms with van der Waals surface area (Å²) in [5.74, 6) is 1.04. The molecular weight excluding hydrogens is 280 g/mol. The van der Waals surface area contributed by atoms with Gasteiger partial charge in [0.15, 0.2) is 0 Å². The third kappa shape index (κ3) is 5.82. The zero-order chi connectivity index (χ0) is 16.5. The van der Waals surface area contributed by atoms with Crippen LogP contribution in [-0.4, -0.2) is 0 Å². The van der Waals surface area contributed by atoms with Crippen LogP contribution in [0.1, 0.15) is 50.2 Å². The second kappa shape index (κ2) is 9.04. The largest absolute Gasteiger partial charge is 0.397 e. The SMILES string of the molecule is CC1CCCCC1.Nc1cccc(C=Cc2ccccc2)c1N. The van der Waals surface area contributed by atoms with Gasteiger partial charge in [-0.1, -0.05) is 93.6 Å². The molecule has 0 bridgehead atoms. The smallest absolute Gasteiger partial charge is 0.0621 e. The molecule has 0 radical (unpaired) electrons. The Morgan fingerprint density at radius 1 is 0.826 bits per heavy atom. The second-order valence-corrected chi connectivity index (χ2v) is 6.34. The first-order valence-electron chi connectivity index (χ1n) is 8.54. The highest BCUT2D eigenvalue weighted by molar-refractivity contribution is 5.81. The molecule has 1 fully saturated rings. The van der Waals surface area contributed by atoms with Crippen LogP contribution in [0.4, 0.5) is 11.4 Å². The maximum absolute atomic E-state index is 5.87. The van der Waals surface area contributed by atoms with Gasteiger partial charge in [-0.05, 0) is 23.1 Å². The summed E-state index contributed by atoms with van der Waals surface area (Å²) in [4.78, 5) is 0. The monoisotopic (exact) mass is 308 g/mol. The van der Waals surface area contributed by atoms with E-state index in [1.807, 2.05) is 54.6 Å². The maximum Gasteiger partial charge on any atom is 0.0621 e. The number of hydrogen-bond acceptors (Lipinski definition) is 2. The van der Waals surface area contributed by atoms with E-state index in [0.717, 1.165) is 17.0 Å². The van der Waals surface area contributed by atoms with Gasteiger partial charge in [0.1, 0.15) is 0 Å². The molecule has 0 amide bonds. The minimum Gasteiger partial charge on any atom is -0.397 e. The lowest BCUT2D eigenvalue weighted by molar-refractivity contribution is 0.385. The molecule has 0 unspecified atom stereocenters. The molecule has 1 aliphatic carbocycles. The minimum atomic E-state index is 0.621. The van der Waals surface area contributed by atoms with Crippen molar-refractivity contribution in [2.45, 2.75) is 39.0 Å². The Labute approximate surface area is 140 Å². The van der Waals surface area contributed by atoms with E-state index in [0.29, 0.717) is 11.4 Å². The molecule has 1 saturated carbocycles. The van der Waals surface area contributed by atoms with Crippen LogP contribution in [0.5, 0.6) is 0 Å². The first-order valence-corrected chi connectivity index (χ1v) is 8.54. The number of anilines is 2. The molecule has 2 heteroatoms. The summed E-state index contributed by atoms with van der Waals surface area (Å²) in [6.07, 6.45) is 11.4. The predicted octanol–water partition coefficient (Wildman–Crippen LogP) is 5.61. The van der Waals surface area contributed by atoms with Crippen LogP contribution in [-0.2, 0) is 0 Å². The van der Waals surface area contributed by atoms with Crippen molar-refractivity contribution in [3.63, 3.8) is 0 Å². The zero-order valence-corrected chi connectivity index (χ0v) is 14.0. The predicted molar refractivity (Wildman–Crippen MR) is 103 cm³/mol. The summed E-state index contributed by atoms with van der Waals surface area (Å²) in [5, 5.41) is 0. The number of benzene rings is 2. The molecule has 3 rings (SSSR count). The summed E-state index contributed by atoms with van der Waals surface area (Å²) in [6, 6.07) is 15.7. The standard InChI is InChI=1S/C14H14N2.C7H14/c15-13-8-4-7-12(14(13)16)10-9-11-5-2-1-3-6-11;1-7-5-3-2-4-6-7/h1-10H,15-16H2;7H,2-6H2,1H3. The van der Waals surface area contributed by atoms with Crippen LogP contribution >= 0.6 is 0 Å². The highest BCUT2D eigenvalue weighted by Gasteiger charge is 2.05. The van der Waals surface area contributed by atoms with Crippen LogP contribution in [0.25, 0.3) is 12.2 Å². The van der Waals surface area contributed by atoms with Crippen LogP contribution in [0.15, 0.2) is 48.5 Å². The van der Waals surface area contributed by atoms with Crippen molar-refractivity contribution in [2.75, 3.05) is 11.5 Å². The van der Waals surface area contributed by atoms with Gasteiger partial charge in [0.25, 0.3) is 0 Å². The van der Waals surface area contributed by atoms with Crippen molar-refractivity contribution < 1.29 is 0 Å². The third-order valence-electron chi connectivity index (χ3n) is 4.32. The molecule has 0 aromatic heterocycles. The third-order valence-corrected chi connectivity index (χ3v) is 4.32. The van der Waals surface area contributed by atoms with E-state index in [-0.39, 0.29) is 0 Å². The number of rotatable bonds is 2. The lowest BCUT2D eigenvalue weighted by Crippen LogP contribution is -1.99. The van der Waals surface area contributed by atoms with Crippen LogP contribution in [0, 0.1) is 5.92 Å². The van der Waals surface area contributed by atoms with E-state index in [1.54, 1.807) is 6.07 Å². The Morgan fingerprint density at radius 2 is 1.52 bits per heavy atom. The van der Waals surface area contributed by atoms with Gasteiger partial charge in [0.05, 0.1) is 11.4 Å². The second-order valence-electron chi connectivity index (χ2n) is 6.34. The Balaban J connectivity index is 0.000000229. The first-order chi connectivity index (χ1) is 11.2. The molecular formula is C21H28N2. The van der Waals surface area contributed by atoms with Crippen molar-refractivity contribution >= 4 is 23.5 Å². The van der Waals surface area contributed by atoms with Crippen LogP contribution in [0.2, 0.25) is 0 Å². The van der Waals surface area contributed by atoms with Gasteiger partial charge in [-0.2, -0.15) is 0 Å². The molecule has 23 heavy (non-hydrogen) atoms. The Morgan fingerprint density at radius 3 is 2.13 bits per heavy atom. The van der Waals surface area contributed by atoms with E-state index in [2.05, 4.69) is 6.92 Å². The summed E-state index contributed by atoms with van der Waals surface area (Å²) >= 11 is 0. The van der Waals surface area contributed by atoms with E-state index < -0.39 is 0 Å². The van der Waals surface area contributed by atoms with Crippen LogP contribution in [0.3, 0.4) is 0 Å². The van der Waals surface area contributed by atoms with Gasteiger partial charge >= 0.3 is 0 Å². The molecule has 4 N–H and O–H groups in total. The van der Waals surface area contributed by atoms with E-state index in [4.69, 9.17) is 11.5 Å². The molecule has 0 heterocycles. The Hall–Kier alpha value is -2.22. The molecule has 0 spiro atoms. The number of para-hydroxylation sites is 1. The summed E-state index contributed by atoms with van der Waals surface area (Å²) < 4.78 is 0. The Bertz CT molecular complexity index is 611. The average Bonchev–Trinajstić information content (AvgIpc) is 2.58. The lowest BCUT2D eigenvalue weighted by atomic mass is 9.91. The molecule has 0 atom stereocenters. The quantitative estimate of drug-likeness (QED) is 0.560. The normalized spacial score (nSPS) is 15.2. The number of hydrogen-bond donors (Lipinski definition) is 2. The highest BCUT2D eigenvalue weighted by atomic mass is 14.7. The summed E-state index contributed by atoms with van der Waals surface area (Å²) in [6.45, 7) is 2.36. The molecule has 122 valence electrons. The molecule has 0 aliphatic heterocycles. The van der Waals surface area contributed by atoms with Crippen molar-refractivity contribution in [3.8, 4) is 0 Å². The molecule has 2 aromatic rings. The van der Waals surface area contributed by atoms with Gasteiger partial charge < -0.3 is 11.5 Å². The van der Waals surface area contributed by atoms with E-state index in [1.165, 1.54) is 32.1 Å². The average molecular weight is 308 g/mol. The zero-order valence-electron chi connectivity index (χ0n) is 14.0. The van der Waals surface area contributed by atoms with Gasteiger partial charge in [0.2, 0.25) is 0 Å². The maximum atomic E-state index is 5.87. The van der Waals surface area contributed by atoms with E-state index in [9.17, 15) is 0 Å². The molecule has 2 nitrogen and oxygen atoms in total. The van der Waals surface area contributed by atoms with Gasteiger partial charge in [-0.3, -0.25) is 0 Å². The van der Waals surface area contributed by atoms with E-state index >= 15 is 0 Å². The van der Waals surface area contributed by atoms with Gasteiger partial charge in [-0.15, -0.1) is 0 Å².